The normalized spacial score (nSPS) is 16.0. The second-order valence-corrected chi connectivity index (χ2v) is 7.45. The van der Waals surface area contributed by atoms with Crippen molar-refractivity contribution in [1.82, 2.24) is 14.9 Å². The van der Waals surface area contributed by atoms with E-state index in [1.54, 1.807) is 7.11 Å². The van der Waals surface area contributed by atoms with Gasteiger partial charge in [-0.1, -0.05) is 24.6 Å². The predicted octanol–water partition coefficient (Wildman–Crippen LogP) is 3.36. The lowest BCUT2D eigenvalue weighted by Gasteiger charge is -2.36. The largest absolute Gasteiger partial charge is 0.495 e. The number of rotatable bonds is 8. The van der Waals surface area contributed by atoms with Gasteiger partial charge in [0.05, 0.1) is 17.5 Å². The van der Waals surface area contributed by atoms with Crippen LogP contribution in [0.1, 0.15) is 37.6 Å². The van der Waals surface area contributed by atoms with E-state index in [0.717, 1.165) is 30.8 Å². The van der Waals surface area contributed by atoms with Crippen LogP contribution in [0.2, 0.25) is 5.02 Å². The van der Waals surface area contributed by atoms with Crippen LogP contribution in [0.4, 0.5) is 0 Å². The number of ether oxygens (including phenoxy) is 2. The predicted molar refractivity (Wildman–Crippen MR) is 109 cm³/mol. The molecule has 1 aliphatic rings. The number of aromatic nitrogens is 2. The molecule has 3 rings (SSSR count). The first-order valence-corrected chi connectivity index (χ1v) is 10.2. The van der Waals surface area contributed by atoms with E-state index >= 15 is 0 Å². The summed E-state index contributed by atoms with van der Waals surface area (Å²) in [5, 5.41) is 3.66. The fourth-order valence-corrected chi connectivity index (χ4v) is 4.07. The molecule has 152 valence electrons. The van der Waals surface area contributed by atoms with Crippen molar-refractivity contribution in [2.75, 3.05) is 26.9 Å². The monoisotopic (exact) mass is 405 g/mol. The number of imidazole rings is 1. The van der Waals surface area contributed by atoms with Crippen LogP contribution in [0, 0.1) is 0 Å². The zero-order valence-corrected chi connectivity index (χ0v) is 17.3. The van der Waals surface area contributed by atoms with Gasteiger partial charge in [0.1, 0.15) is 11.6 Å². The standard InChI is InChI=1S/C21H28ClN3O3/c1-3-19-23-10-12-25(19)11-4-9-24-20(26)21(7-13-28-14-8-21)16-5-6-18(27-2)17(22)15-16/h5-6,10,12,15H,3-4,7-9,11,13-14H2,1-2H3,(H,24,26). The molecule has 1 saturated heterocycles. The van der Waals surface area contributed by atoms with Gasteiger partial charge in [0.2, 0.25) is 5.91 Å². The zero-order chi connectivity index (χ0) is 20.0. The first-order chi connectivity index (χ1) is 13.6. The van der Waals surface area contributed by atoms with Crippen molar-refractivity contribution < 1.29 is 14.3 Å². The highest BCUT2D eigenvalue weighted by Gasteiger charge is 2.41. The molecule has 1 aromatic carbocycles. The van der Waals surface area contributed by atoms with Gasteiger partial charge in [-0.15, -0.1) is 0 Å². The third-order valence-electron chi connectivity index (χ3n) is 5.46. The minimum absolute atomic E-state index is 0.0402. The van der Waals surface area contributed by atoms with Crippen LogP contribution in [-0.2, 0) is 27.9 Å². The number of halogens is 1. The first kappa shape index (κ1) is 20.7. The van der Waals surface area contributed by atoms with Gasteiger partial charge >= 0.3 is 0 Å². The van der Waals surface area contributed by atoms with E-state index in [4.69, 9.17) is 21.1 Å². The number of hydrogen-bond donors (Lipinski definition) is 1. The fourth-order valence-electron chi connectivity index (χ4n) is 3.81. The lowest BCUT2D eigenvalue weighted by molar-refractivity contribution is -0.130. The maximum atomic E-state index is 13.2. The molecule has 0 atom stereocenters. The Bertz CT molecular complexity index is 800. The molecule has 1 aliphatic heterocycles. The molecule has 28 heavy (non-hydrogen) atoms. The van der Waals surface area contributed by atoms with Crippen LogP contribution in [0.25, 0.3) is 0 Å². The number of carbonyl (C=O) groups is 1. The fraction of sp³-hybridized carbons (Fsp3) is 0.524. The Balaban J connectivity index is 1.67. The van der Waals surface area contributed by atoms with Crippen molar-refractivity contribution in [3.05, 3.63) is 47.0 Å². The highest BCUT2D eigenvalue weighted by molar-refractivity contribution is 6.32. The number of methoxy groups -OCH3 is 1. The number of nitrogens with zero attached hydrogens (tertiary/aromatic N) is 2. The Morgan fingerprint density at radius 1 is 1.39 bits per heavy atom. The number of amides is 1. The summed E-state index contributed by atoms with van der Waals surface area (Å²) in [5.41, 5.74) is 0.305. The summed E-state index contributed by atoms with van der Waals surface area (Å²) in [7, 11) is 1.59. The maximum Gasteiger partial charge on any atom is 0.230 e. The number of aryl methyl sites for hydroxylation is 2. The molecule has 0 radical (unpaired) electrons. The molecule has 1 amide bonds. The van der Waals surface area contributed by atoms with E-state index in [1.165, 1.54) is 0 Å². The molecular formula is C21H28ClN3O3. The van der Waals surface area contributed by atoms with Crippen LogP contribution in [0.15, 0.2) is 30.6 Å². The Morgan fingerprint density at radius 2 is 2.18 bits per heavy atom. The number of carbonyl (C=O) groups excluding carboxylic acids is 1. The van der Waals surface area contributed by atoms with E-state index in [9.17, 15) is 4.79 Å². The Hall–Kier alpha value is -2.05. The second kappa shape index (κ2) is 9.43. The van der Waals surface area contributed by atoms with Crippen LogP contribution in [0.3, 0.4) is 0 Å². The first-order valence-electron chi connectivity index (χ1n) is 9.81. The van der Waals surface area contributed by atoms with Crippen molar-refractivity contribution in [3.8, 4) is 5.75 Å². The van der Waals surface area contributed by atoms with Crippen molar-refractivity contribution in [2.24, 2.45) is 0 Å². The molecule has 0 unspecified atom stereocenters. The van der Waals surface area contributed by atoms with Crippen molar-refractivity contribution in [3.63, 3.8) is 0 Å². The van der Waals surface area contributed by atoms with E-state index < -0.39 is 5.41 Å². The molecule has 7 heteroatoms. The Labute approximate surface area is 171 Å². The quantitative estimate of drug-likeness (QED) is 0.684. The summed E-state index contributed by atoms with van der Waals surface area (Å²) in [6.45, 7) is 4.67. The minimum atomic E-state index is -0.613. The van der Waals surface area contributed by atoms with Crippen LogP contribution in [-0.4, -0.2) is 42.3 Å². The summed E-state index contributed by atoms with van der Waals surface area (Å²) in [5.74, 6) is 1.72. The number of hydrogen-bond acceptors (Lipinski definition) is 4. The highest BCUT2D eigenvalue weighted by Crippen LogP contribution is 2.38. The molecule has 0 aliphatic carbocycles. The van der Waals surface area contributed by atoms with E-state index in [-0.39, 0.29) is 5.91 Å². The van der Waals surface area contributed by atoms with Crippen LogP contribution in [0.5, 0.6) is 5.75 Å². The maximum absolute atomic E-state index is 13.2. The molecule has 1 N–H and O–H groups in total. The van der Waals surface area contributed by atoms with Crippen LogP contribution < -0.4 is 10.1 Å². The molecular weight excluding hydrogens is 378 g/mol. The van der Waals surface area contributed by atoms with Gasteiger partial charge in [0, 0.05) is 45.1 Å². The SMILES string of the molecule is CCc1nccn1CCCNC(=O)C1(c2ccc(OC)c(Cl)c2)CCOCC1. The lowest BCUT2D eigenvalue weighted by atomic mass is 9.73. The highest BCUT2D eigenvalue weighted by atomic mass is 35.5. The summed E-state index contributed by atoms with van der Waals surface area (Å²) in [6, 6.07) is 5.62. The summed E-state index contributed by atoms with van der Waals surface area (Å²) in [6.07, 6.45) is 6.85. The van der Waals surface area contributed by atoms with E-state index in [2.05, 4.69) is 21.8 Å². The summed E-state index contributed by atoms with van der Waals surface area (Å²) in [4.78, 5) is 17.5. The summed E-state index contributed by atoms with van der Waals surface area (Å²) < 4.78 is 12.9. The molecule has 0 spiro atoms. The second-order valence-electron chi connectivity index (χ2n) is 7.04. The molecule has 1 aromatic heterocycles. The van der Waals surface area contributed by atoms with Crippen LogP contribution >= 0.6 is 11.6 Å². The van der Waals surface area contributed by atoms with Gasteiger partial charge in [0.15, 0.2) is 0 Å². The zero-order valence-electron chi connectivity index (χ0n) is 16.5. The van der Waals surface area contributed by atoms with Gasteiger partial charge in [-0.2, -0.15) is 0 Å². The van der Waals surface area contributed by atoms with E-state index in [1.807, 2.05) is 30.6 Å². The van der Waals surface area contributed by atoms with Gasteiger partial charge in [-0.05, 0) is 37.0 Å². The van der Waals surface area contributed by atoms with Gasteiger partial charge in [-0.3, -0.25) is 4.79 Å². The topological polar surface area (TPSA) is 65.4 Å². The molecule has 2 heterocycles. The van der Waals surface area contributed by atoms with Gasteiger partial charge < -0.3 is 19.4 Å². The van der Waals surface area contributed by atoms with Crippen molar-refractivity contribution >= 4 is 17.5 Å². The van der Waals surface area contributed by atoms with Gasteiger partial charge in [0.25, 0.3) is 0 Å². The third-order valence-corrected chi connectivity index (χ3v) is 5.76. The van der Waals surface area contributed by atoms with Crippen molar-refractivity contribution in [1.29, 1.82) is 0 Å². The molecule has 2 aromatic rings. The Kier molecular flexibility index (Phi) is 6.97. The molecule has 0 saturated carbocycles. The number of nitrogens with one attached hydrogen (secondary N) is 1. The minimum Gasteiger partial charge on any atom is -0.495 e. The summed E-state index contributed by atoms with van der Waals surface area (Å²) >= 11 is 6.33. The smallest absolute Gasteiger partial charge is 0.230 e. The van der Waals surface area contributed by atoms with E-state index in [0.29, 0.717) is 43.4 Å². The average molecular weight is 406 g/mol. The molecule has 0 bridgehead atoms. The van der Waals surface area contributed by atoms with Gasteiger partial charge in [-0.25, -0.2) is 4.98 Å². The third kappa shape index (κ3) is 4.33. The molecule has 6 nitrogen and oxygen atoms in total. The Morgan fingerprint density at radius 3 is 2.86 bits per heavy atom. The number of benzene rings is 1. The average Bonchev–Trinajstić information content (AvgIpc) is 3.19. The lowest BCUT2D eigenvalue weighted by Crippen LogP contribution is -2.48. The molecule has 1 fully saturated rings. The van der Waals surface area contributed by atoms with Crippen molar-refractivity contribution in [2.45, 2.75) is 44.6 Å².